The number of hydrogen-bond acceptors (Lipinski definition) is 3. The average Bonchev–Trinajstić information content (AvgIpc) is 3.01. The molecule has 0 unspecified atom stereocenters. The molecule has 0 bridgehead atoms. The quantitative estimate of drug-likeness (QED) is 0.878. The summed E-state index contributed by atoms with van der Waals surface area (Å²) in [6.45, 7) is 4.61. The average molecular weight is 370 g/mol. The van der Waals surface area contributed by atoms with Crippen molar-refractivity contribution in [1.82, 2.24) is 14.7 Å². The second kappa shape index (κ2) is 6.16. The molecule has 0 spiro atoms. The van der Waals surface area contributed by atoms with Crippen molar-refractivity contribution >= 4 is 11.7 Å². The Kier molecular flexibility index (Phi) is 4.19. The van der Waals surface area contributed by atoms with Crippen LogP contribution in [0.25, 0.3) is 0 Å². The number of alkyl halides is 3. The predicted octanol–water partition coefficient (Wildman–Crippen LogP) is 3.90. The van der Waals surface area contributed by atoms with E-state index in [0.717, 1.165) is 23.9 Å². The first kappa shape index (κ1) is 17.7. The molecule has 1 aromatic heterocycles. The summed E-state index contributed by atoms with van der Waals surface area (Å²) in [5.74, 6) is 1.05. The number of carbonyl (C=O) groups excluding carboxylic acids is 1. The number of amides is 1. The monoisotopic (exact) mass is 370 g/mol. The summed E-state index contributed by atoms with van der Waals surface area (Å²) in [4.78, 5) is 14.5. The zero-order chi connectivity index (χ0) is 18.6. The third-order valence-corrected chi connectivity index (χ3v) is 6.08. The standard InChI is InChI=1S/C18H25F3N4O/c1-3-11-8-15(18(19,20)21)25-16(22-11)9-13(23-25)14-5-4-6-24(14)17(26)12-7-10(12)2/h9-12,14-15,22H,3-8H2,1-2H3/t10-,11+,12-,14+,15+/m0/s1. The van der Waals surface area contributed by atoms with Gasteiger partial charge in [0.2, 0.25) is 5.91 Å². The summed E-state index contributed by atoms with van der Waals surface area (Å²) in [5, 5.41) is 7.50. The lowest BCUT2D eigenvalue weighted by molar-refractivity contribution is -0.173. The third kappa shape index (κ3) is 2.97. The number of nitrogens with zero attached hydrogens (tertiary/aromatic N) is 3. The van der Waals surface area contributed by atoms with Crippen molar-refractivity contribution in [2.24, 2.45) is 11.8 Å². The van der Waals surface area contributed by atoms with Gasteiger partial charge < -0.3 is 10.2 Å². The van der Waals surface area contributed by atoms with Crippen molar-refractivity contribution in [2.75, 3.05) is 11.9 Å². The Labute approximate surface area is 150 Å². The van der Waals surface area contributed by atoms with Crippen LogP contribution in [0.3, 0.4) is 0 Å². The highest BCUT2D eigenvalue weighted by atomic mass is 19.4. The van der Waals surface area contributed by atoms with Crippen LogP contribution in [0.4, 0.5) is 19.0 Å². The molecule has 1 saturated carbocycles. The lowest BCUT2D eigenvalue weighted by Gasteiger charge is -2.32. The first-order valence-corrected chi connectivity index (χ1v) is 9.52. The van der Waals surface area contributed by atoms with E-state index in [1.807, 2.05) is 11.8 Å². The minimum atomic E-state index is -4.33. The van der Waals surface area contributed by atoms with Crippen molar-refractivity contribution < 1.29 is 18.0 Å². The van der Waals surface area contributed by atoms with Gasteiger partial charge in [0, 0.05) is 24.6 Å². The van der Waals surface area contributed by atoms with Crippen LogP contribution in [-0.4, -0.2) is 39.4 Å². The van der Waals surface area contributed by atoms with Crippen LogP contribution >= 0.6 is 0 Å². The summed E-state index contributed by atoms with van der Waals surface area (Å²) in [5.41, 5.74) is 0.581. The Morgan fingerprint density at radius 2 is 2.12 bits per heavy atom. The van der Waals surface area contributed by atoms with E-state index in [2.05, 4.69) is 17.3 Å². The molecular formula is C18H25F3N4O. The number of carbonyl (C=O) groups is 1. The van der Waals surface area contributed by atoms with Gasteiger partial charge in [-0.1, -0.05) is 13.8 Å². The van der Waals surface area contributed by atoms with E-state index < -0.39 is 12.2 Å². The van der Waals surface area contributed by atoms with Gasteiger partial charge in [0.05, 0.1) is 11.7 Å². The van der Waals surface area contributed by atoms with Gasteiger partial charge in [-0.2, -0.15) is 18.3 Å². The fraction of sp³-hybridized carbons (Fsp3) is 0.778. The molecule has 1 aromatic rings. The van der Waals surface area contributed by atoms with Crippen molar-refractivity contribution in [2.45, 2.75) is 70.3 Å². The second-order valence-corrected chi connectivity index (χ2v) is 7.95. The molecule has 1 N–H and O–H groups in total. The Bertz CT molecular complexity index is 701. The molecule has 2 aliphatic heterocycles. The number of nitrogens with one attached hydrogen (secondary N) is 1. The largest absolute Gasteiger partial charge is 0.410 e. The SMILES string of the molecule is CC[C@@H]1C[C@H](C(F)(F)F)n2nc([C@H]3CCCN3C(=O)[C@H]3C[C@@H]3C)cc2N1. The highest BCUT2D eigenvalue weighted by Gasteiger charge is 2.48. The maximum absolute atomic E-state index is 13.5. The van der Waals surface area contributed by atoms with E-state index in [1.165, 1.54) is 0 Å². The molecule has 0 radical (unpaired) electrons. The molecule has 1 saturated heterocycles. The second-order valence-electron chi connectivity index (χ2n) is 7.95. The van der Waals surface area contributed by atoms with Crippen LogP contribution < -0.4 is 5.32 Å². The van der Waals surface area contributed by atoms with Crippen molar-refractivity contribution in [3.8, 4) is 0 Å². The van der Waals surface area contributed by atoms with Crippen LogP contribution in [0.15, 0.2) is 6.07 Å². The Morgan fingerprint density at radius 3 is 2.73 bits per heavy atom. The van der Waals surface area contributed by atoms with E-state index in [4.69, 9.17) is 0 Å². The van der Waals surface area contributed by atoms with Crippen molar-refractivity contribution in [3.05, 3.63) is 11.8 Å². The molecule has 3 heterocycles. The number of anilines is 1. The first-order chi connectivity index (χ1) is 12.3. The van der Waals surface area contributed by atoms with Crippen LogP contribution in [0.5, 0.6) is 0 Å². The van der Waals surface area contributed by atoms with Crippen LogP contribution in [0.2, 0.25) is 0 Å². The third-order valence-electron chi connectivity index (χ3n) is 6.08. The maximum Gasteiger partial charge on any atom is 0.410 e. The molecule has 26 heavy (non-hydrogen) atoms. The summed E-state index contributed by atoms with van der Waals surface area (Å²) in [6.07, 6.45) is -1.17. The zero-order valence-corrected chi connectivity index (χ0v) is 15.1. The van der Waals surface area contributed by atoms with E-state index in [-0.39, 0.29) is 30.3 Å². The maximum atomic E-state index is 13.5. The van der Waals surface area contributed by atoms with Crippen molar-refractivity contribution in [1.29, 1.82) is 0 Å². The van der Waals surface area contributed by atoms with Gasteiger partial charge >= 0.3 is 6.18 Å². The Hall–Kier alpha value is -1.73. The highest BCUT2D eigenvalue weighted by molar-refractivity contribution is 5.82. The van der Waals surface area contributed by atoms with E-state index in [0.29, 0.717) is 30.4 Å². The Morgan fingerprint density at radius 1 is 1.38 bits per heavy atom. The molecule has 5 atom stereocenters. The lowest BCUT2D eigenvalue weighted by atomic mass is 10.0. The van der Waals surface area contributed by atoms with Crippen LogP contribution in [0.1, 0.15) is 63.7 Å². The van der Waals surface area contributed by atoms with Crippen LogP contribution in [-0.2, 0) is 4.79 Å². The molecule has 5 nitrogen and oxygen atoms in total. The van der Waals surface area contributed by atoms with E-state index >= 15 is 0 Å². The molecule has 8 heteroatoms. The fourth-order valence-corrected chi connectivity index (χ4v) is 4.32. The topological polar surface area (TPSA) is 50.2 Å². The van der Waals surface area contributed by atoms with Crippen LogP contribution in [0, 0.1) is 11.8 Å². The molecule has 1 aliphatic carbocycles. The summed E-state index contributed by atoms with van der Waals surface area (Å²) in [7, 11) is 0. The van der Waals surface area contributed by atoms with Gasteiger partial charge in [-0.15, -0.1) is 0 Å². The molecule has 3 aliphatic rings. The number of rotatable bonds is 3. The summed E-state index contributed by atoms with van der Waals surface area (Å²) >= 11 is 0. The van der Waals surface area contributed by atoms with Gasteiger partial charge in [-0.25, -0.2) is 4.68 Å². The number of likely N-dealkylation sites (tertiary alicyclic amines) is 1. The Balaban J connectivity index is 1.62. The molecule has 4 rings (SSSR count). The smallest absolute Gasteiger partial charge is 0.367 e. The van der Waals surface area contributed by atoms with Gasteiger partial charge in [0.25, 0.3) is 0 Å². The van der Waals surface area contributed by atoms with Gasteiger partial charge in [-0.3, -0.25) is 4.79 Å². The minimum Gasteiger partial charge on any atom is -0.367 e. The summed E-state index contributed by atoms with van der Waals surface area (Å²) < 4.78 is 41.7. The summed E-state index contributed by atoms with van der Waals surface area (Å²) in [6, 6.07) is -0.310. The molecule has 0 aromatic carbocycles. The van der Waals surface area contributed by atoms with E-state index in [1.54, 1.807) is 6.07 Å². The van der Waals surface area contributed by atoms with Gasteiger partial charge in [-0.05, 0) is 38.0 Å². The number of hydrogen-bond donors (Lipinski definition) is 1. The molecule has 1 amide bonds. The normalized spacial score (nSPS) is 33.7. The molecule has 144 valence electrons. The number of fused-ring (bicyclic) bond motifs is 1. The minimum absolute atomic E-state index is 0.0129. The van der Waals surface area contributed by atoms with E-state index in [9.17, 15) is 18.0 Å². The van der Waals surface area contributed by atoms with Crippen molar-refractivity contribution in [3.63, 3.8) is 0 Å². The predicted molar refractivity (Wildman–Crippen MR) is 90.6 cm³/mol. The molecule has 2 fully saturated rings. The van der Waals surface area contributed by atoms with Gasteiger partial charge in [0.1, 0.15) is 5.82 Å². The van der Waals surface area contributed by atoms with Gasteiger partial charge in [0.15, 0.2) is 6.04 Å². The number of halogens is 3. The first-order valence-electron chi connectivity index (χ1n) is 9.52. The lowest BCUT2D eigenvalue weighted by Crippen LogP contribution is -2.39. The zero-order valence-electron chi connectivity index (χ0n) is 15.1. The highest BCUT2D eigenvalue weighted by Crippen LogP contribution is 2.45. The molecular weight excluding hydrogens is 345 g/mol. The number of aromatic nitrogens is 2. The fourth-order valence-electron chi connectivity index (χ4n) is 4.32.